The average molecular weight is 318 g/mol. The molecule has 114 valence electrons. The lowest BCUT2D eigenvalue weighted by atomic mass is 10.3. The molecule has 1 aliphatic heterocycles. The third-order valence-corrected chi connectivity index (χ3v) is 3.94. The van der Waals surface area contributed by atoms with Crippen molar-refractivity contribution < 1.29 is 9.59 Å². The highest BCUT2D eigenvalue weighted by molar-refractivity contribution is 7.13. The molecule has 3 heterocycles. The standard InChI is InChI=1S/C13H14N6O2S/c20-10(17-13-16-4-9-22-13)11(21)18-5-7-19(8-6-18)12-14-2-1-3-15-12/h1-4,9H,5-8H2,(H,16,17,20). The summed E-state index contributed by atoms with van der Waals surface area (Å²) in [6, 6.07) is 1.76. The van der Waals surface area contributed by atoms with Crippen molar-refractivity contribution in [2.45, 2.75) is 0 Å². The fourth-order valence-corrected chi connectivity index (χ4v) is 2.67. The molecule has 0 unspecified atom stereocenters. The summed E-state index contributed by atoms with van der Waals surface area (Å²) >= 11 is 1.27. The van der Waals surface area contributed by atoms with Gasteiger partial charge < -0.3 is 9.80 Å². The first-order valence-electron chi connectivity index (χ1n) is 6.76. The zero-order valence-electron chi connectivity index (χ0n) is 11.7. The number of nitrogens with zero attached hydrogens (tertiary/aromatic N) is 5. The van der Waals surface area contributed by atoms with Gasteiger partial charge in [-0.1, -0.05) is 0 Å². The van der Waals surface area contributed by atoms with Crippen molar-refractivity contribution >= 4 is 34.2 Å². The third kappa shape index (κ3) is 3.19. The minimum atomic E-state index is -0.653. The highest BCUT2D eigenvalue weighted by Crippen LogP contribution is 2.12. The van der Waals surface area contributed by atoms with Gasteiger partial charge in [-0.3, -0.25) is 14.9 Å². The maximum Gasteiger partial charge on any atom is 0.315 e. The first kappa shape index (κ1) is 14.4. The van der Waals surface area contributed by atoms with Crippen LogP contribution in [0.1, 0.15) is 0 Å². The number of aromatic nitrogens is 3. The number of thiazole rings is 1. The van der Waals surface area contributed by atoms with Crippen LogP contribution in [0.3, 0.4) is 0 Å². The van der Waals surface area contributed by atoms with Crippen molar-refractivity contribution in [3.8, 4) is 0 Å². The molecule has 0 spiro atoms. The summed E-state index contributed by atoms with van der Waals surface area (Å²) < 4.78 is 0. The molecule has 3 rings (SSSR count). The van der Waals surface area contributed by atoms with Crippen LogP contribution in [-0.2, 0) is 9.59 Å². The van der Waals surface area contributed by atoms with E-state index in [9.17, 15) is 9.59 Å². The first-order valence-corrected chi connectivity index (χ1v) is 7.64. The molecule has 2 aromatic heterocycles. The molecule has 2 amide bonds. The van der Waals surface area contributed by atoms with Crippen molar-refractivity contribution in [1.29, 1.82) is 0 Å². The highest BCUT2D eigenvalue weighted by Gasteiger charge is 2.27. The van der Waals surface area contributed by atoms with E-state index in [1.165, 1.54) is 16.2 Å². The molecule has 8 nitrogen and oxygen atoms in total. The van der Waals surface area contributed by atoms with Crippen molar-refractivity contribution in [2.24, 2.45) is 0 Å². The fraction of sp³-hybridized carbons (Fsp3) is 0.308. The van der Waals surface area contributed by atoms with E-state index < -0.39 is 11.8 Å². The van der Waals surface area contributed by atoms with E-state index >= 15 is 0 Å². The van der Waals surface area contributed by atoms with Crippen molar-refractivity contribution in [2.75, 3.05) is 36.4 Å². The Hall–Kier alpha value is -2.55. The van der Waals surface area contributed by atoms with Crippen molar-refractivity contribution in [3.63, 3.8) is 0 Å². The molecule has 1 fully saturated rings. The molecule has 0 radical (unpaired) electrons. The molecular formula is C13H14N6O2S. The van der Waals surface area contributed by atoms with E-state index in [-0.39, 0.29) is 0 Å². The third-order valence-electron chi connectivity index (χ3n) is 3.25. The summed E-state index contributed by atoms with van der Waals surface area (Å²) in [6.07, 6.45) is 4.94. The number of carbonyl (C=O) groups is 2. The molecule has 9 heteroatoms. The largest absolute Gasteiger partial charge is 0.337 e. The first-order chi connectivity index (χ1) is 10.7. The van der Waals surface area contributed by atoms with Gasteiger partial charge in [0.1, 0.15) is 0 Å². The second-order valence-corrected chi connectivity index (χ2v) is 5.51. The fourth-order valence-electron chi connectivity index (χ4n) is 2.14. The molecule has 1 saturated heterocycles. The van der Waals surface area contributed by atoms with Gasteiger partial charge >= 0.3 is 11.8 Å². The molecule has 2 aromatic rings. The van der Waals surface area contributed by atoms with Crippen LogP contribution < -0.4 is 10.2 Å². The summed E-state index contributed by atoms with van der Waals surface area (Å²) in [5.41, 5.74) is 0. The SMILES string of the molecule is O=C(Nc1nccs1)C(=O)N1CCN(c2ncccn2)CC1. The van der Waals surface area contributed by atoms with Crippen LogP contribution in [0.25, 0.3) is 0 Å². The van der Waals surface area contributed by atoms with Gasteiger partial charge in [-0.15, -0.1) is 11.3 Å². The Balaban J connectivity index is 1.54. The Morgan fingerprint density at radius 2 is 1.77 bits per heavy atom. The lowest BCUT2D eigenvalue weighted by Gasteiger charge is -2.34. The smallest absolute Gasteiger partial charge is 0.315 e. The average Bonchev–Trinajstić information content (AvgIpc) is 3.08. The molecular weight excluding hydrogens is 304 g/mol. The summed E-state index contributed by atoms with van der Waals surface area (Å²) in [6.45, 7) is 2.12. The molecule has 22 heavy (non-hydrogen) atoms. The Morgan fingerprint density at radius 3 is 2.41 bits per heavy atom. The normalized spacial score (nSPS) is 14.7. The molecule has 0 aliphatic carbocycles. The van der Waals surface area contributed by atoms with E-state index in [4.69, 9.17) is 0 Å². The molecule has 0 atom stereocenters. The number of hydrogen-bond donors (Lipinski definition) is 1. The second kappa shape index (κ2) is 6.48. The summed E-state index contributed by atoms with van der Waals surface area (Å²) in [5.74, 6) is -0.551. The number of nitrogens with one attached hydrogen (secondary N) is 1. The Morgan fingerprint density at radius 1 is 1.05 bits per heavy atom. The van der Waals surface area contributed by atoms with E-state index in [1.807, 2.05) is 4.90 Å². The van der Waals surface area contributed by atoms with Crippen LogP contribution in [0.4, 0.5) is 11.1 Å². The van der Waals surface area contributed by atoms with E-state index in [0.717, 1.165) is 0 Å². The lowest BCUT2D eigenvalue weighted by Crippen LogP contribution is -2.52. The maximum atomic E-state index is 12.1. The number of amides is 2. The Kier molecular flexibility index (Phi) is 4.24. The van der Waals surface area contributed by atoms with Crippen LogP contribution in [-0.4, -0.2) is 57.8 Å². The van der Waals surface area contributed by atoms with Gasteiger partial charge in [0.25, 0.3) is 0 Å². The molecule has 1 aliphatic rings. The molecule has 0 aromatic carbocycles. The number of carbonyl (C=O) groups excluding carboxylic acids is 2. The summed E-state index contributed by atoms with van der Waals surface area (Å²) in [5, 5.41) is 4.66. The Labute approximate surface area is 130 Å². The van der Waals surface area contributed by atoms with Crippen molar-refractivity contribution in [1.82, 2.24) is 19.9 Å². The van der Waals surface area contributed by atoms with E-state index in [2.05, 4.69) is 20.3 Å². The monoisotopic (exact) mass is 318 g/mol. The predicted molar refractivity (Wildman–Crippen MR) is 81.6 cm³/mol. The topological polar surface area (TPSA) is 91.3 Å². The van der Waals surface area contributed by atoms with Crippen LogP contribution >= 0.6 is 11.3 Å². The quantitative estimate of drug-likeness (QED) is 0.797. The van der Waals surface area contributed by atoms with Crippen molar-refractivity contribution in [3.05, 3.63) is 30.0 Å². The second-order valence-electron chi connectivity index (χ2n) is 4.62. The van der Waals surface area contributed by atoms with Gasteiger partial charge in [-0.25, -0.2) is 15.0 Å². The number of piperazine rings is 1. The lowest BCUT2D eigenvalue weighted by molar-refractivity contribution is -0.143. The van der Waals surface area contributed by atoms with Crippen LogP contribution in [0.15, 0.2) is 30.0 Å². The molecule has 0 saturated carbocycles. The minimum absolute atomic E-state index is 0.426. The number of rotatable bonds is 2. The van der Waals surface area contributed by atoms with E-state index in [1.54, 1.807) is 30.0 Å². The Bertz CT molecular complexity index is 640. The minimum Gasteiger partial charge on any atom is -0.337 e. The summed E-state index contributed by atoms with van der Waals surface area (Å²) in [4.78, 5) is 39.8. The number of anilines is 2. The van der Waals surface area contributed by atoms with Crippen LogP contribution in [0.5, 0.6) is 0 Å². The molecule has 0 bridgehead atoms. The maximum absolute atomic E-state index is 12.1. The predicted octanol–water partition coefficient (Wildman–Crippen LogP) is 0.220. The zero-order chi connectivity index (χ0) is 15.4. The van der Waals surface area contributed by atoms with Gasteiger partial charge in [-0.2, -0.15) is 0 Å². The van der Waals surface area contributed by atoms with Gasteiger partial charge in [0.05, 0.1) is 0 Å². The van der Waals surface area contributed by atoms with Crippen LogP contribution in [0.2, 0.25) is 0 Å². The summed E-state index contributed by atoms with van der Waals surface area (Å²) in [7, 11) is 0. The number of hydrogen-bond acceptors (Lipinski definition) is 7. The molecule has 1 N–H and O–H groups in total. The van der Waals surface area contributed by atoms with Crippen LogP contribution in [0, 0.1) is 0 Å². The van der Waals surface area contributed by atoms with E-state index in [0.29, 0.717) is 37.3 Å². The van der Waals surface area contributed by atoms with Gasteiger partial charge in [0.15, 0.2) is 5.13 Å². The van der Waals surface area contributed by atoms with Gasteiger partial charge in [-0.05, 0) is 6.07 Å². The van der Waals surface area contributed by atoms with Gasteiger partial charge in [0, 0.05) is 50.1 Å². The highest BCUT2D eigenvalue weighted by atomic mass is 32.1. The van der Waals surface area contributed by atoms with Gasteiger partial charge in [0.2, 0.25) is 5.95 Å². The zero-order valence-corrected chi connectivity index (χ0v) is 12.5.